The van der Waals surface area contributed by atoms with Crippen molar-refractivity contribution >= 4 is 17.1 Å². The Balaban J connectivity index is 3.14. The Morgan fingerprint density at radius 3 is 2.16 bits per heavy atom. The van der Waals surface area contributed by atoms with Gasteiger partial charge in [0, 0.05) is 12.1 Å². The first-order valence-electron chi connectivity index (χ1n) is 5.82. The third-order valence-electron chi connectivity index (χ3n) is 3.06. The lowest BCUT2D eigenvalue weighted by Crippen LogP contribution is -2.31. The van der Waals surface area contributed by atoms with Crippen molar-refractivity contribution in [3.8, 4) is 0 Å². The van der Waals surface area contributed by atoms with Gasteiger partial charge >= 0.3 is 0 Å². The van der Waals surface area contributed by atoms with Gasteiger partial charge in [0.2, 0.25) is 0 Å². The van der Waals surface area contributed by atoms with Crippen LogP contribution in [0.15, 0.2) is 18.2 Å². The third-order valence-corrected chi connectivity index (χ3v) is 3.06. The molecule has 1 rings (SSSR count). The Morgan fingerprint density at radius 2 is 1.74 bits per heavy atom. The summed E-state index contributed by atoms with van der Waals surface area (Å²) in [5, 5.41) is 24.6. The number of anilines is 1. The fourth-order valence-corrected chi connectivity index (χ4v) is 1.36. The number of nitro groups is 2. The number of hydrogen-bond donors (Lipinski definition) is 1. The largest absolute Gasteiger partial charge is 0.377 e. The highest BCUT2D eigenvalue weighted by molar-refractivity contribution is 5.65. The average Bonchev–Trinajstić information content (AvgIpc) is 2.27. The van der Waals surface area contributed by atoms with Crippen LogP contribution in [0.25, 0.3) is 0 Å². The van der Waals surface area contributed by atoms with Crippen LogP contribution >= 0.6 is 0 Å². The first-order valence-corrected chi connectivity index (χ1v) is 5.82. The number of nitro benzene ring substituents is 2. The van der Waals surface area contributed by atoms with Crippen molar-refractivity contribution in [2.24, 2.45) is 5.41 Å². The zero-order valence-electron chi connectivity index (χ0n) is 11.3. The van der Waals surface area contributed by atoms with E-state index < -0.39 is 9.85 Å². The second-order valence-electron chi connectivity index (χ2n) is 5.45. The van der Waals surface area contributed by atoms with Crippen molar-refractivity contribution < 1.29 is 9.85 Å². The van der Waals surface area contributed by atoms with E-state index in [9.17, 15) is 20.2 Å². The lowest BCUT2D eigenvalue weighted by Gasteiger charge is -2.28. The molecule has 0 aromatic heterocycles. The van der Waals surface area contributed by atoms with Crippen molar-refractivity contribution in [3.63, 3.8) is 0 Å². The predicted octanol–water partition coefficient (Wildman–Crippen LogP) is 3.35. The predicted molar refractivity (Wildman–Crippen MR) is 72.3 cm³/mol. The SMILES string of the molecule is CC(Nc1ccc([N+](=O)[O-])cc1[N+](=O)[O-])C(C)(C)C. The standard InChI is InChI=1S/C12H17N3O4/c1-8(12(2,3)4)13-10-6-5-9(14(16)17)7-11(10)15(18)19/h5-8,13H,1-4H3. The summed E-state index contributed by atoms with van der Waals surface area (Å²) in [6.45, 7) is 7.91. The van der Waals surface area contributed by atoms with Gasteiger partial charge in [-0.15, -0.1) is 0 Å². The second-order valence-corrected chi connectivity index (χ2v) is 5.45. The van der Waals surface area contributed by atoms with E-state index in [1.165, 1.54) is 12.1 Å². The minimum atomic E-state index is -0.649. The summed E-state index contributed by atoms with van der Waals surface area (Å²) in [5.74, 6) is 0. The van der Waals surface area contributed by atoms with E-state index in [-0.39, 0.29) is 28.5 Å². The van der Waals surface area contributed by atoms with Crippen LogP contribution in [0.4, 0.5) is 17.1 Å². The number of rotatable bonds is 4. The maximum absolute atomic E-state index is 11.0. The molecule has 1 N–H and O–H groups in total. The molecule has 0 aliphatic rings. The fraction of sp³-hybridized carbons (Fsp3) is 0.500. The third kappa shape index (κ3) is 3.64. The van der Waals surface area contributed by atoms with Crippen molar-refractivity contribution in [3.05, 3.63) is 38.4 Å². The molecule has 0 amide bonds. The van der Waals surface area contributed by atoms with Gasteiger partial charge < -0.3 is 5.32 Å². The molecule has 7 heteroatoms. The minimum absolute atomic E-state index is 0.0207. The zero-order chi connectivity index (χ0) is 14.8. The van der Waals surface area contributed by atoms with Gasteiger partial charge in [-0.1, -0.05) is 20.8 Å². The van der Waals surface area contributed by atoms with Crippen LogP contribution in [0.5, 0.6) is 0 Å². The lowest BCUT2D eigenvalue weighted by atomic mass is 9.88. The second kappa shape index (κ2) is 5.21. The first kappa shape index (κ1) is 14.9. The van der Waals surface area contributed by atoms with Gasteiger partial charge in [0.15, 0.2) is 0 Å². The lowest BCUT2D eigenvalue weighted by molar-refractivity contribution is -0.393. The van der Waals surface area contributed by atoms with Gasteiger partial charge in [-0.3, -0.25) is 20.2 Å². The highest BCUT2D eigenvalue weighted by Crippen LogP contribution is 2.31. The molecule has 0 aliphatic carbocycles. The molecular weight excluding hydrogens is 250 g/mol. The number of hydrogen-bond acceptors (Lipinski definition) is 5. The van der Waals surface area contributed by atoms with Crippen LogP contribution in [-0.4, -0.2) is 15.9 Å². The molecule has 1 atom stereocenters. The molecule has 19 heavy (non-hydrogen) atoms. The summed E-state index contributed by atoms with van der Waals surface area (Å²) in [6, 6.07) is 3.58. The zero-order valence-corrected chi connectivity index (χ0v) is 11.3. The van der Waals surface area contributed by atoms with Crippen LogP contribution in [0.1, 0.15) is 27.7 Å². The molecule has 1 aromatic carbocycles. The molecule has 0 bridgehead atoms. The van der Waals surface area contributed by atoms with Crippen LogP contribution < -0.4 is 5.32 Å². The van der Waals surface area contributed by atoms with Gasteiger partial charge in [-0.25, -0.2) is 0 Å². The van der Waals surface area contributed by atoms with Gasteiger partial charge in [0.1, 0.15) is 5.69 Å². The monoisotopic (exact) mass is 267 g/mol. The normalized spacial score (nSPS) is 12.8. The van der Waals surface area contributed by atoms with E-state index in [1.807, 2.05) is 27.7 Å². The Hall–Kier alpha value is -2.18. The topological polar surface area (TPSA) is 98.3 Å². The van der Waals surface area contributed by atoms with Crippen molar-refractivity contribution in [1.82, 2.24) is 0 Å². The minimum Gasteiger partial charge on any atom is -0.377 e. The molecule has 0 aliphatic heterocycles. The van der Waals surface area contributed by atoms with E-state index in [0.717, 1.165) is 6.07 Å². The molecule has 0 saturated heterocycles. The summed E-state index contributed by atoms with van der Waals surface area (Å²) < 4.78 is 0. The molecule has 1 aromatic rings. The highest BCUT2D eigenvalue weighted by Gasteiger charge is 2.25. The van der Waals surface area contributed by atoms with Crippen LogP contribution in [0.2, 0.25) is 0 Å². The van der Waals surface area contributed by atoms with Gasteiger partial charge in [0.25, 0.3) is 11.4 Å². The smallest absolute Gasteiger partial charge is 0.299 e. The molecule has 0 spiro atoms. The van der Waals surface area contributed by atoms with Crippen molar-refractivity contribution in [2.75, 3.05) is 5.32 Å². The van der Waals surface area contributed by atoms with Crippen molar-refractivity contribution in [2.45, 2.75) is 33.7 Å². The summed E-state index contributed by atoms with van der Waals surface area (Å²) in [6.07, 6.45) is 0. The van der Waals surface area contributed by atoms with Crippen LogP contribution in [0, 0.1) is 25.6 Å². The van der Waals surface area contributed by atoms with Gasteiger partial charge in [-0.05, 0) is 18.4 Å². The highest BCUT2D eigenvalue weighted by atomic mass is 16.6. The summed E-state index contributed by atoms with van der Waals surface area (Å²) in [4.78, 5) is 20.3. The first-order chi connectivity index (χ1) is 8.62. The number of non-ortho nitro benzene ring substituents is 1. The molecule has 0 fully saturated rings. The Kier molecular flexibility index (Phi) is 4.08. The molecule has 7 nitrogen and oxygen atoms in total. The van der Waals surface area contributed by atoms with E-state index in [0.29, 0.717) is 0 Å². The van der Waals surface area contributed by atoms with Crippen LogP contribution in [-0.2, 0) is 0 Å². The van der Waals surface area contributed by atoms with E-state index >= 15 is 0 Å². The quantitative estimate of drug-likeness (QED) is 0.666. The Morgan fingerprint density at radius 1 is 1.16 bits per heavy atom. The van der Waals surface area contributed by atoms with Gasteiger partial charge in [-0.2, -0.15) is 0 Å². The molecule has 0 heterocycles. The molecule has 0 saturated carbocycles. The number of nitrogens with zero attached hydrogens (tertiary/aromatic N) is 2. The summed E-state index contributed by atoms with van der Waals surface area (Å²) in [5.41, 5.74) is -0.376. The molecule has 1 unspecified atom stereocenters. The van der Waals surface area contributed by atoms with Crippen molar-refractivity contribution in [1.29, 1.82) is 0 Å². The van der Waals surface area contributed by atoms with Crippen LogP contribution in [0.3, 0.4) is 0 Å². The number of benzene rings is 1. The summed E-state index contributed by atoms with van der Waals surface area (Å²) in [7, 11) is 0. The Bertz CT molecular complexity index is 508. The maximum atomic E-state index is 11.0. The average molecular weight is 267 g/mol. The molecule has 0 radical (unpaired) electrons. The Labute approximate surface area is 110 Å². The van der Waals surface area contributed by atoms with E-state index in [1.54, 1.807) is 0 Å². The molecule has 104 valence electrons. The maximum Gasteiger partial charge on any atom is 0.299 e. The van der Waals surface area contributed by atoms with E-state index in [4.69, 9.17) is 0 Å². The van der Waals surface area contributed by atoms with E-state index in [2.05, 4.69) is 5.32 Å². The number of nitrogens with one attached hydrogen (secondary N) is 1. The van der Waals surface area contributed by atoms with Gasteiger partial charge in [0.05, 0.1) is 15.9 Å². The fourth-order valence-electron chi connectivity index (χ4n) is 1.36. The molecular formula is C12H17N3O4. The summed E-state index contributed by atoms with van der Waals surface area (Å²) >= 11 is 0.